The number of ether oxygens (including phenoxy) is 1. The molecule has 108 valence electrons. The van der Waals surface area contributed by atoms with Gasteiger partial charge in [0.25, 0.3) is 0 Å². The van der Waals surface area contributed by atoms with Crippen molar-refractivity contribution in [1.82, 2.24) is 0 Å². The Labute approximate surface area is 115 Å². The van der Waals surface area contributed by atoms with Gasteiger partial charge in [0.05, 0.1) is 5.69 Å². The molecule has 4 heteroatoms. The first-order valence-electron chi connectivity index (χ1n) is 6.82. The standard InChI is InChI=1S/C15H25FN2O/c1-4-13(17)10-12-6-7-15(14(16)11-12)18(2)8-5-9-19-3/h6-7,11,13H,4-5,8-10,17H2,1-3H3. The highest BCUT2D eigenvalue weighted by molar-refractivity contribution is 5.48. The fraction of sp³-hybridized carbons (Fsp3) is 0.600. The molecule has 1 aromatic rings. The van der Waals surface area contributed by atoms with Gasteiger partial charge in [0, 0.05) is 33.4 Å². The molecule has 0 saturated heterocycles. The van der Waals surface area contributed by atoms with Gasteiger partial charge in [-0.25, -0.2) is 4.39 Å². The van der Waals surface area contributed by atoms with E-state index in [1.54, 1.807) is 13.2 Å². The van der Waals surface area contributed by atoms with E-state index in [0.29, 0.717) is 12.3 Å². The molecule has 0 bridgehead atoms. The average molecular weight is 268 g/mol. The van der Waals surface area contributed by atoms with E-state index >= 15 is 0 Å². The third-order valence-electron chi connectivity index (χ3n) is 3.29. The predicted molar refractivity (Wildman–Crippen MR) is 78.1 cm³/mol. The molecular weight excluding hydrogens is 243 g/mol. The van der Waals surface area contributed by atoms with Crippen LogP contribution < -0.4 is 10.6 Å². The molecule has 3 nitrogen and oxygen atoms in total. The summed E-state index contributed by atoms with van der Waals surface area (Å²) in [6.45, 7) is 3.51. The molecule has 0 aliphatic rings. The summed E-state index contributed by atoms with van der Waals surface area (Å²) in [5.74, 6) is -0.180. The lowest BCUT2D eigenvalue weighted by Gasteiger charge is -2.20. The summed E-state index contributed by atoms with van der Waals surface area (Å²) in [6, 6.07) is 5.49. The Morgan fingerprint density at radius 1 is 1.42 bits per heavy atom. The number of hydrogen-bond acceptors (Lipinski definition) is 3. The van der Waals surface area contributed by atoms with Crippen LogP contribution in [0.5, 0.6) is 0 Å². The van der Waals surface area contributed by atoms with Gasteiger partial charge in [-0.3, -0.25) is 0 Å². The van der Waals surface area contributed by atoms with Crippen molar-refractivity contribution in [3.63, 3.8) is 0 Å². The van der Waals surface area contributed by atoms with Crippen LogP contribution in [-0.2, 0) is 11.2 Å². The fourth-order valence-electron chi connectivity index (χ4n) is 2.00. The van der Waals surface area contributed by atoms with Gasteiger partial charge in [0.15, 0.2) is 0 Å². The molecule has 0 radical (unpaired) electrons. The second-order valence-electron chi connectivity index (χ2n) is 4.93. The molecular formula is C15H25FN2O. The van der Waals surface area contributed by atoms with Crippen molar-refractivity contribution in [1.29, 1.82) is 0 Å². The second-order valence-corrected chi connectivity index (χ2v) is 4.93. The first-order chi connectivity index (χ1) is 9.08. The molecule has 0 saturated carbocycles. The molecule has 19 heavy (non-hydrogen) atoms. The van der Waals surface area contributed by atoms with Gasteiger partial charge in [-0.05, 0) is 37.0 Å². The molecule has 0 aliphatic heterocycles. The van der Waals surface area contributed by atoms with Crippen molar-refractivity contribution >= 4 is 5.69 Å². The molecule has 2 N–H and O–H groups in total. The highest BCUT2D eigenvalue weighted by Crippen LogP contribution is 2.20. The van der Waals surface area contributed by atoms with E-state index in [2.05, 4.69) is 0 Å². The number of halogens is 1. The molecule has 0 amide bonds. The minimum Gasteiger partial charge on any atom is -0.385 e. The lowest BCUT2D eigenvalue weighted by atomic mass is 10.0. The van der Waals surface area contributed by atoms with E-state index in [9.17, 15) is 4.39 Å². The van der Waals surface area contributed by atoms with Crippen LogP contribution in [0.25, 0.3) is 0 Å². The van der Waals surface area contributed by atoms with E-state index in [-0.39, 0.29) is 11.9 Å². The van der Waals surface area contributed by atoms with Crippen LogP contribution >= 0.6 is 0 Å². The van der Waals surface area contributed by atoms with Crippen molar-refractivity contribution in [2.24, 2.45) is 5.73 Å². The van der Waals surface area contributed by atoms with Gasteiger partial charge in [-0.1, -0.05) is 13.0 Å². The largest absolute Gasteiger partial charge is 0.385 e. The molecule has 0 spiro atoms. The number of benzene rings is 1. The second kappa shape index (κ2) is 8.12. The molecule has 0 aromatic heterocycles. The van der Waals surface area contributed by atoms with Crippen LogP contribution in [0.4, 0.5) is 10.1 Å². The molecule has 1 rings (SSSR count). The Hall–Kier alpha value is -1.13. The molecule has 0 aliphatic carbocycles. The zero-order chi connectivity index (χ0) is 14.3. The fourth-order valence-corrected chi connectivity index (χ4v) is 2.00. The predicted octanol–water partition coefficient (Wildman–Crippen LogP) is 2.58. The maximum Gasteiger partial charge on any atom is 0.146 e. The van der Waals surface area contributed by atoms with Crippen molar-refractivity contribution in [3.8, 4) is 0 Å². The lowest BCUT2D eigenvalue weighted by molar-refractivity contribution is 0.196. The van der Waals surface area contributed by atoms with Crippen LogP contribution in [0.15, 0.2) is 18.2 Å². The molecule has 1 unspecified atom stereocenters. The maximum atomic E-state index is 14.1. The third-order valence-corrected chi connectivity index (χ3v) is 3.29. The highest BCUT2D eigenvalue weighted by Gasteiger charge is 2.09. The van der Waals surface area contributed by atoms with Crippen molar-refractivity contribution in [2.75, 3.05) is 32.2 Å². The van der Waals surface area contributed by atoms with Crippen molar-refractivity contribution < 1.29 is 9.13 Å². The van der Waals surface area contributed by atoms with Crippen LogP contribution in [0.3, 0.4) is 0 Å². The SMILES string of the molecule is CCC(N)Cc1ccc(N(C)CCCOC)c(F)c1. The Bertz CT molecular complexity index is 384. The number of anilines is 1. The minimum atomic E-state index is -0.180. The lowest BCUT2D eigenvalue weighted by Crippen LogP contribution is -2.22. The summed E-state index contributed by atoms with van der Waals surface area (Å²) in [7, 11) is 3.57. The zero-order valence-electron chi connectivity index (χ0n) is 12.2. The summed E-state index contributed by atoms with van der Waals surface area (Å²) < 4.78 is 19.0. The Balaban J connectivity index is 2.65. The van der Waals surface area contributed by atoms with E-state index in [1.165, 1.54) is 0 Å². The number of nitrogens with zero attached hydrogens (tertiary/aromatic N) is 1. The number of hydrogen-bond donors (Lipinski definition) is 1. The van der Waals surface area contributed by atoms with Gasteiger partial charge in [-0.2, -0.15) is 0 Å². The molecule has 0 fully saturated rings. The van der Waals surface area contributed by atoms with Crippen LogP contribution in [0.2, 0.25) is 0 Å². The normalized spacial score (nSPS) is 12.5. The van der Waals surface area contributed by atoms with E-state index in [0.717, 1.165) is 31.4 Å². The summed E-state index contributed by atoms with van der Waals surface area (Å²) >= 11 is 0. The molecule has 1 aromatic carbocycles. The van der Waals surface area contributed by atoms with Gasteiger partial charge in [-0.15, -0.1) is 0 Å². The van der Waals surface area contributed by atoms with E-state index < -0.39 is 0 Å². The van der Waals surface area contributed by atoms with Crippen molar-refractivity contribution in [2.45, 2.75) is 32.2 Å². The summed E-state index contributed by atoms with van der Waals surface area (Å²) in [6.07, 6.45) is 2.51. The van der Waals surface area contributed by atoms with Crippen LogP contribution in [0, 0.1) is 5.82 Å². The number of methoxy groups -OCH3 is 1. The average Bonchev–Trinajstić information content (AvgIpc) is 2.38. The third kappa shape index (κ3) is 5.17. The van der Waals surface area contributed by atoms with Gasteiger partial charge in [0.2, 0.25) is 0 Å². The van der Waals surface area contributed by atoms with Gasteiger partial charge < -0.3 is 15.4 Å². The van der Waals surface area contributed by atoms with Crippen molar-refractivity contribution in [3.05, 3.63) is 29.6 Å². The van der Waals surface area contributed by atoms with Crippen LogP contribution in [-0.4, -0.2) is 33.4 Å². The highest BCUT2D eigenvalue weighted by atomic mass is 19.1. The first kappa shape index (κ1) is 15.9. The Morgan fingerprint density at radius 3 is 2.74 bits per heavy atom. The summed E-state index contributed by atoms with van der Waals surface area (Å²) in [5, 5.41) is 0. The summed E-state index contributed by atoms with van der Waals surface area (Å²) in [5.41, 5.74) is 7.48. The Morgan fingerprint density at radius 2 is 2.16 bits per heavy atom. The van der Waals surface area contributed by atoms with Crippen LogP contribution in [0.1, 0.15) is 25.3 Å². The topological polar surface area (TPSA) is 38.5 Å². The minimum absolute atomic E-state index is 0.102. The number of nitrogens with two attached hydrogens (primary N) is 1. The van der Waals surface area contributed by atoms with E-state index in [1.807, 2.05) is 31.0 Å². The maximum absolute atomic E-state index is 14.1. The van der Waals surface area contributed by atoms with Gasteiger partial charge >= 0.3 is 0 Å². The number of rotatable bonds is 8. The molecule has 0 heterocycles. The first-order valence-corrected chi connectivity index (χ1v) is 6.82. The smallest absolute Gasteiger partial charge is 0.146 e. The monoisotopic (exact) mass is 268 g/mol. The molecule has 1 atom stereocenters. The Kier molecular flexibility index (Phi) is 6.81. The zero-order valence-corrected chi connectivity index (χ0v) is 12.2. The quantitative estimate of drug-likeness (QED) is 0.736. The summed E-state index contributed by atoms with van der Waals surface area (Å²) in [4.78, 5) is 1.91. The van der Waals surface area contributed by atoms with E-state index in [4.69, 9.17) is 10.5 Å². The van der Waals surface area contributed by atoms with Gasteiger partial charge in [0.1, 0.15) is 5.82 Å².